The van der Waals surface area contributed by atoms with Gasteiger partial charge in [0, 0.05) is 6.54 Å². The van der Waals surface area contributed by atoms with Gasteiger partial charge in [0.05, 0.1) is 6.61 Å². The van der Waals surface area contributed by atoms with Crippen LogP contribution in [0.3, 0.4) is 0 Å². The van der Waals surface area contributed by atoms with Gasteiger partial charge in [-0.1, -0.05) is 13.3 Å². The third kappa shape index (κ3) is 3.88. The van der Waals surface area contributed by atoms with Crippen LogP contribution in [0.4, 0.5) is 26.7 Å². The summed E-state index contributed by atoms with van der Waals surface area (Å²) >= 11 is 0. The Morgan fingerprint density at radius 3 is 2.19 bits per heavy atom. The molecule has 1 heterocycles. The molecule has 0 unspecified atom stereocenters. The van der Waals surface area contributed by atoms with Crippen LogP contribution in [0.5, 0.6) is 5.75 Å². The number of unbranched alkanes of at least 4 members (excludes halogenated alkanes) is 1. The molecule has 0 bridgehead atoms. The Kier molecular flexibility index (Phi) is 6.38. The third-order valence-electron chi connectivity index (χ3n) is 3.85. The standard InChI is InChI=1S/C16H16F5NO4/c1-2-3-7-25-16(24)22-6-4-5-8(22)15(23)26-14-12(20)10(18)9(17)11(19)13(14)21/h8H,2-7H2,1H3/t8-/m0/s1. The number of amides is 1. The fraction of sp³-hybridized carbons (Fsp3) is 0.500. The number of carbonyl (C=O) groups excluding carboxylic acids is 2. The summed E-state index contributed by atoms with van der Waals surface area (Å²) in [5.41, 5.74) is 0. The van der Waals surface area contributed by atoms with Crippen LogP contribution in [0.15, 0.2) is 0 Å². The first-order valence-electron chi connectivity index (χ1n) is 7.96. The number of halogens is 5. The van der Waals surface area contributed by atoms with Crippen molar-refractivity contribution in [2.45, 2.75) is 38.6 Å². The van der Waals surface area contributed by atoms with Gasteiger partial charge in [0.15, 0.2) is 0 Å². The number of benzene rings is 1. The Bertz CT molecular complexity index is 683. The smallest absolute Gasteiger partial charge is 0.410 e. The van der Waals surface area contributed by atoms with Gasteiger partial charge in [-0.25, -0.2) is 22.8 Å². The zero-order valence-electron chi connectivity index (χ0n) is 13.8. The SMILES string of the molecule is CCCCOC(=O)N1CCC[C@H]1C(=O)Oc1c(F)c(F)c(F)c(F)c1F. The van der Waals surface area contributed by atoms with Gasteiger partial charge in [0.1, 0.15) is 6.04 Å². The monoisotopic (exact) mass is 381 g/mol. The molecule has 1 aliphatic heterocycles. The molecule has 144 valence electrons. The van der Waals surface area contributed by atoms with Crippen LogP contribution >= 0.6 is 0 Å². The highest BCUT2D eigenvalue weighted by atomic mass is 19.2. The van der Waals surface area contributed by atoms with Gasteiger partial charge in [-0.05, 0) is 19.3 Å². The van der Waals surface area contributed by atoms with Crippen LogP contribution < -0.4 is 4.74 Å². The second-order valence-corrected chi connectivity index (χ2v) is 5.64. The van der Waals surface area contributed by atoms with E-state index < -0.39 is 52.9 Å². The predicted octanol–water partition coefficient (Wildman–Crippen LogP) is 3.69. The van der Waals surface area contributed by atoms with Crippen molar-refractivity contribution in [1.29, 1.82) is 0 Å². The molecule has 0 spiro atoms. The van der Waals surface area contributed by atoms with Gasteiger partial charge in [0.25, 0.3) is 0 Å². The molecule has 1 amide bonds. The van der Waals surface area contributed by atoms with E-state index in [2.05, 4.69) is 4.74 Å². The van der Waals surface area contributed by atoms with Crippen molar-refractivity contribution in [1.82, 2.24) is 4.90 Å². The molecule has 1 aromatic rings. The number of nitrogens with zero attached hydrogens (tertiary/aromatic N) is 1. The first-order valence-corrected chi connectivity index (χ1v) is 7.96. The summed E-state index contributed by atoms with van der Waals surface area (Å²) in [6, 6.07) is -1.24. The van der Waals surface area contributed by atoms with Gasteiger partial charge >= 0.3 is 12.1 Å². The number of rotatable bonds is 5. The molecule has 1 saturated heterocycles. The van der Waals surface area contributed by atoms with Crippen molar-refractivity contribution in [3.8, 4) is 5.75 Å². The molecule has 0 aromatic heterocycles. The van der Waals surface area contributed by atoms with Gasteiger partial charge < -0.3 is 9.47 Å². The summed E-state index contributed by atoms with van der Waals surface area (Å²) in [7, 11) is 0. The average molecular weight is 381 g/mol. The van der Waals surface area contributed by atoms with Crippen molar-refractivity contribution in [3.05, 3.63) is 29.1 Å². The average Bonchev–Trinajstić information content (AvgIpc) is 3.12. The molecule has 0 radical (unpaired) electrons. The van der Waals surface area contributed by atoms with E-state index in [0.717, 1.165) is 11.3 Å². The molecule has 1 aromatic carbocycles. The lowest BCUT2D eigenvalue weighted by Crippen LogP contribution is -2.43. The zero-order valence-corrected chi connectivity index (χ0v) is 13.8. The van der Waals surface area contributed by atoms with E-state index >= 15 is 0 Å². The molecule has 1 fully saturated rings. The lowest BCUT2D eigenvalue weighted by Gasteiger charge is -2.22. The quantitative estimate of drug-likeness (QED) is 0.195. The van der Waals surface area contributed by atoms with E-state index in [9.17, 15) is 31.5 Å². The van der Waals surface area contributed by atoms with E-state index in [0.29, 0.717) is 12.8 Å². The minimum absolute atomic E-state index is 0.108. The molecule has 2 rings (SSSR count). The van der Waals surface area contributed by atoms with Crippen molar-refractivity contribution >= 4 is 12.1 Å². The van der Waals surface area contributed by atoms with Crippen LogP contribution in [0, 0.1) is 29.1 Å². The van der Waals surface area contributed by atoms with Gasteiger partial charge in [-0.3, -0.25) is 4.90 Å². The van der Waals surface area contributed by atoms with Gasteiger partial charge in [-0.2, -0.15) is 8.78 Å². The summed E-state index contributed by atoms with van der Waals surface area (Å²) in [6.07, 6.45) is 1.07. The maximum Gasteiger partial charge on any atom is 0.410 e. The minimum Gasteiger partial charge on any atom is -0.449 e. The lowest BCUT2D eigenvalue weighted by molar-refractivity contribution is -0.139. The summed E-state index contributed by atoms with van der Waals surface area (Å²) in [6.45, 7) is 2.15. The normalized spacial score (nSPS) is 16.7. The van der Waals surface area contributed by atoms with Crippen LogP contribution in [0.25, 0.3) is 0 Å². The second kappa shape index (κ2) is 8.33. The molecule has 26 heavy (non-hydrogen) atoms. The molecular formula is C16H16F5NO4. The molecule has 0 N–H and O–H groups in total. The van der Waals surface area contributed by atoms with Crippen molar-refractivity contribution < 1.29 is 41.0 Å². The van der Waals surface area contributed by atoms with Gasteiger partial charge in [-0.15, -0.1) is 0 Å². The van der Waals surface area contributed by atoms with Crippen LogP contribution in [0.2, 0.25) is 0 Å². The number of likely N-dealkylation sites (tertiary alicyclic amines) is 1. The Morgan fingerprint density at radius 1 is 1.04 bits per heavy atom. The highest BCUT2D eigenvalue weighted by molar-refractivity contribution is 5.83. The first kappa shape index (κ1) is 19.9. The molecule has 10 heteroatoms. The zero-order chi connectivity index (χ0) is 19.4. The molecule has 0 saturated carbocycles. The maximum atomic E-state index is 13.6. The van der Waals surface area contributed by atoms with E-state index in [-0.39, 0.29) is 19.6 Å². The number of ether oxygens (including phenoxy) is 2. The van der Waals surface area contributed by atoms with E-state index in [1.54, 1.807) is 0 Å². The second-order valence-electron chi connectivity index (χ2n) is 5.64. The first-order chi connectivity index (χ1) is 12.3. The highest BCUT2D eigenvalue weighted by Crippen LogP contribution is 2.30. The lowest BCUT2D eigenvalue weighted by atomic mass is 10.2. The Hall–Kier alpha value is -2.39. The number of esters is 1. The van der Waals surface area contributed by atoms with Crippen molar-refractivity contribution in [3.63, 3.8) is 0 Å². The minimum atomic E-state index is -2.36. The predicted molar refractivity (Wildman–Crippen MR) is 77.9 cm³/mol. The molecule has 0 aliphatic carbocycles. The van der Waals surface area contributed by atoms with Crippen LogP contribution in [-0.2, 0) is 9.53 Å². The van der Waals surface area contributed by atoms with E-state index in [4.69, 9.17) is 4.74 Å². The van der Waals surface area contributed by atoms with Crippen molar-refractivity contribution in [2.24, 2.45) is 0 Å². The molecule has 1 aliphatic rings. The molecule has 1 atom stereocenters. The number of carbonyl (C=O) groups is 2. The van der Waals surface area contributed by atoms with Crippen LogP contribution in [0.1, 0.15) is 32.6 Å². The Morgan fingerprint density at radius 2 is 1.62 bits per heavy atom. The van der Waals surface area contributed by atoms with Gasteiger partial charge in [0.2, 0.25) is 34.8 Å². The third-order valence-corrected chi connectivity index (χ3v) is 3.85. The summed E-state index contributed by atoms with van der Waals surface area (Å²) < 4.78 is 75.9. The number of hydrogen-bond acceptors (Lipinski definition) is 4. The summed E-state index contributed by atoms with van der Waals surface area (Å²) in [4.78, 5) is 25.1. The van der Waals surface area contributed by atoms with E-state index in [1.165, 1.54) is 0 Å². The largest absolute Gasteiger partial charge is 0.449 e. The molecule has 5 nitrogen and oxygen atoms in total. The fourth-order valence-electron chi connectivity index (χ4n) is 2.46. The van der Waals surface area contributed by atoms with E-state index in [1.807, 2.05) is 6.92 Å². The summed E-state index contributed by atoms with van der Waals surface area (Å²) in [5, 5.41) is 0. The highest BCUT2D eigenvalue weighted by Gasteiger charge is 2.38. The maximum absolute atomic E-state index is 13.6. The Labute approximate surface area is 145 Å². The summed E-state index contributed by atoms with van der Waals surface area (Å²) in [5.74, 6) is -14.3. The Balaban J connectivity index is 2.16. The van der Waals surface area contributed by atoms with Crippen LogP contribution in [-0.4, -0.2) is 36.2 Å². The topological polar surface area (TPSA) is 55.8 Å². The number of hydrogen-bond donors (Lipinski definition) is 0. The fourth-order valence-corrected chi connectivity index (χ4v) is 2.46. The molecular weight excluding hydrogens is 365 g/mol. The van der Waals surface area contributed by atoms with Crippen molar-refractivity contribution in [2.75, 3.05) is 13.2 Å².